The molecule has 0 N–H and O–H groups in total. The number of hydrogen-bond donors (Lipinski definition) is 0. The van der Waals surface area contributed by atoms with Crippen LogP contribution in [0.15, 0.2) is 255 Å². The van der Waals surface area contributed by atoms with E-state index in [-0.39, 0.29) is 0 Å². The molecule has 2 aliphatic rings. The van der Waals surface area contributed by atoms with Gasteiger partial charge in [-0.1, -0.05) is 231 Å². The first-order chi connectivity index (χ1) is 36.7. The number of rotatable bonds is 5. The zero-order valence-corrected chi connectivity index (χ0v) is 40.0. The minimum atomic E-state index is -0.677. The zero-order valence-electron chi connectivity index (χ0n) is 40.0. The smallest absolute Gasteiger partial charge is 0.164 e. The normalized spacial score (nSPS) is 14.3. The van der Waals surface area contributed by atoms with Crippen molar-refractivity contribution in [3.05, 3.63) is 277 Å². The molecule has 12 aromatic carbocycles. The van der Waals surface area contributed by atoms with Gasteiger partial charge in [-0.15, -0.1) is 0 Å². The minimum Gasteiger partial charge on any atom is -0.309 e. The largest absolute Gasteiger partial charge is 0.309 e. The van der Waals surface area contributed by atoms with Crippen LogP contribution >= 0.6 is 0 Å². The summed E-state index contributed by atoms with van der Waals surface area (Å²) in [6, 6.07) is 93.0. The van der Waals surface area contributed by atoms with Gasteiger partial charge in [-0.3, -0.25) is 0 Å². The van der Waals surface area contributed by atoms with Crippen LogP contribution in [0.25, 0.3) is 127 Å². The molecular formula is C70H42N4. The maximum Gasteiger partial charge on any atom is 0.164 e. The third kappa shape index (κ3) is 5.70. The molecule has 1 spiro atoms. The van der Waals surface area contributed by atoms with Crippen molar-refractivity contribution in [2.24, 2.45) is 0 Å². The second kappa shape index (κ2) is 15.6. The lowest BCUT2D eigenvalue weighted by molar-refractivity contribution is 0.748. The third-order valence-corrected chi connectivity index (χ3v) is 16.0. The van der Waals surface area contributed by atoms with E-state index in [0.717, 1.165) is 38.9 Å². The number of fused-ring (bicyclic) bond motifs is 18. The van der Waals surface area contributed by atoms with Gasteiger partial charge >= 0.3 is 0 Å². The van der Waals surface area contributed by atoms with Gasteiger partial charge < -0.3 is 4.57 Å². The molecule has 1 aliphatic heterocycles. The maximum atomic E-state index is 5.48. The quantitative estimate of drug-likeness (QED) is 0.162. The van der Waals surface area contributed by atoms with Gasteiger partial charge in [0.15, 0.2) is 17.5 Å². The number of aromatic nitrogens is 4. The number of benzene rings is 12. The summed E-state index contributed by atoms with van der Waals surface area (Å²) in [5.41, 5.74) is 17.7. The molecule has 0 amide bonds. The molecule has 0 saturated carbocycles. The average Bonchev–Trinajstić information content (AvgIpc) is 4.00. The van der Waals surface area contributed by atoms with Crippen LogP contribution in [-0.2, 0) is 5.41 Å². The van der Waals surface area contributed by atoms with Gasteiger partial charge in [0.25, 0.3) is 0 Å². The first kappa shape index (κ1) is 40.9. The third-order valence-electron chi connectivity index (χ3n) is 16.0. The molecule has 0 bridgehead atoms. The first-order valence-electron chi connectivity index (χ1n) is 25.4. The van der Waals surface area contributed by atoms with E-state index in [1.165, 1.54) is 93.2 Å². The van der Waals surface area contributed by atoms with Crippen molar-refractivity contribution < 1.29 is 0 Å². The van der Waals surface area contributed by atoms with E-state index >= 15 is 0 Å². The van der Waals surface area contributed by atoms with Gasteiger partial charge in [-0.25, -0.2) is 15.0 Å². The van der Waals surface area contributed by atoms with Crippen LogP contribution in [0.2, 0.25) is 0 Å². The Balaban J connectivity index is 0.984. The van der Waals surface area contributed by atoms with Crippen molar-refractivity contribution >= 4 is 54.1 Å². The molecule has 16 rings (SSSR count). The topological polar surface area (TPSA) is 43.6 Å². The van der Waals surface area contributed by atoms with E-state index in [2.05, 4.69) is 241 Å². The van der Waals surface area contributed by atoms with Gasteiger partial charge in [-0.05, 0) is 112 Å². The Morgan fingerprint density at radius 1 is 0.270 bits per heavy atom. The van der Waals surface area contributed by atoms with Crippen molar-refractivity contribution in [2.75, 3.05) is 0 Å². The highest BCUT2D eigenvalue weighted by molar-refractivity contribution is 6.26. The molecule has 0 saturated heterocycles. The van der Waals surface area contributed by atoms with Crippen LogP contribution in [0, 0.1) is 0 Å². The van der Waals surface area contributed by atoms with Crippen LogP contribution in [0.3, 0.4) is 0 Å². The van der Waals surface area contributed by atoms with Crippen molar-refractivity contribution in [2.45, 2.75) is 5.41 Å². The highest BCUT2D eigenvalue weighted by atomic mass is 15.0. The van der Waals surface area contributed by atoms with Gasteiger partial charge in [0, 0.05) is 27.5 Å². The predicted octanol–water partition coefficient (Wildman–Crippen LogP) is 17.4. The summed E-state index contributed by atoms with van der Waals surface area (Å²) in [4.78, 5) is 16.1. The maximum absolute atomic E-state index is 5.48. The van der Waals surface area contributed by atoms with E-state index in [4.69, 9.17) is 15.0 Å². The molecule has 342 valence electrons. The molecule has 0 radical (unpaired) electrons. The van der Waals surface area contributed by atoms with E-state index in [1.54, 1.807) is 0 Å². The highest BCUT2D eigenvalue weighted by Crippen LogP contribution is 2.63. The predicted molar refractivity (Wildman–Crippen MR) is 305 cm³/mol. The van der Waals surface area contributed by atoms with Crippen LogP contribution in [0.1, 0.15) is 22.3 Å². The molecule has 3 heterocycles. The number of para-hydroxylation sites is 3. The van der Waals surface area contributed by atoms with E-state index < -0.39 is 5.41 Å². The summed E-state index contributed by atoms with van der Waals surface area (Å²) >= 11 is 0. The molecule has 1 unspecified atom stereocenters. The molecule has 4 heteroatoms. The lowest BCUT2D eigenvalue weighted by Gasteiger charge is -2.39. The van der Waals surface area contributed by atoms with Crippen LogP contribution in [0.4, 0.5) is 0 Å². The van der Waals surface area contributed by atoms with Crippen molar-refractivity contribution in [3.8, 4) is 73.2 Å². The summed E-state index contributed by atoms with van der Waals surface area (Å²) in [5.74, 6) is 1.89. The summed E-state index contributed by atoms with van der Waals surface area (Å²) in [5, 5.41) is 10.1. The SMILES string of the molecule is c1ccc(-c2ccc(-c3nc(-c4ccccc4)nc(-c4cccc5c4-c4cc(-c6ccc7c8ccccc8c8ccccc8c7c6)ccc4C54c5ccccc5-n5c6ccccc6c6cccc4c65)n3)cc2)cc1. The van der Waals surface area contributed by atoms with Crippen molar-refractivity contribution in [1.82, 2.24) is 19.5 Å². The molecule has 0 fully saturated rings. The second-order valence-electron chi connectivity index (χ2n) is 19.8. The lowest BCUT2D eigenvalue weighted by Crippen LogP contribution is -2.33. The van der Waals surface area contributed by atoms with Gasteiger partial charge in [0.2, 0.25) is 0 Å². The summed E-state index contributed by atoms with van der Waals surface area (Å²) in [6.45, 7) is 0. The molecular weight excluding hydrogens is 897 g/mol. The average molecular weight is 939 g/mol. The Bertz CT molecular complexity index is 4610. The molecule has 2 aromatic heterocycles. The Labute approximate surface area is 427 Å². The van der Waals surface area contributed by atoms with Crippen molar-refractivity contribution in [1.29, 1.82) is 0 Å². The van der Waals surface area contributed by atoms with Gasteiger partial charge in [0.1, 0.15) is 0 Å². The molecule has 74 heavy (non-hydrogen) atoms. The van der Waals surface area contributed by atoms with Crippen molar-refractivity contribution in [3.63, 3.8) is 0 Å². The van der Waals surface area contributed by atoms with E-state index in [1.807, 2.05) is 18.2 Å². The Hall–Kier alpha value is -9.77. The van der Waals surface area contributed by atoms with E-state index in [9.17, 15) is 0 Å². The summed E-state index contributed by atoms with van der Waals surface area (Å²) in [7, 11) is 0. The standard InChI is InChI=1S/C70H42N4/c1-3-17-43(18-4-1)44-33-35-46(36-34-44)68-71-67(45-19-5-2-6-20-45)72-69(73-68)56-27-16-29-61-65(56)58-42-48(47-37-39-53-51-23-8-7-21-49(51)50-22-9-10-24-52(50)57(53)41-47)38-40-59(58)70(61)60-28-12-14-32-64(60)74-63-31-13-11-25-54(63)55-26-15-30-62(70)66(55)74/h1-42H. The first-order valence-corrected chi connectivity index (χ1v) is 25.4. The van der Waals surface area contributed by atoms with Gasteiger partial charge in [-0.2, -0.15) is 0 Å². The fourth-order valence-electron chi connectivity index (χ4n) is 12.9. The number of hydrogen-bond acceptors (Lipinski definition) is 3. The molecule has 1 aliphatic carbocycles. The monoisotopic (exact) mass is 938 g/mol. The second-order valence-corrected chi connectivity index (χ2v) is 19.8. The Kier molecular flexibility index (Phi) is 8.63. The number of nitrogens with zero attached hydrogens (tertiary/aromatic N) is 4. The van der Waals surface area contributed by atoms with Gasteiger partial charge in [0.05, 0.1) is 22.1 Å². The van der Waals surface area contributed by atoms with Crippen LogP contribution in [-0.4, -0.2) is 19.5 Å². The zero-order chi connectivity index (χ0) is 48.5. The molecule has 1 atom stereocenters. The molecule has 4 nitrogen and oxygen atoms in total. The Morgan fingerprint density at radius 2 is 0.757 bits per heavy atom. The van der Waals surface area contributed by atoms with E-state index in [0.29, 0.717) is 17.5 Å². The highest BCUT2D eigenvalue weighted by Gasteiger charge is 2.51. The Morgan fingerprint density at radius 3 is 1.50 bits per heavy atom. The van der Waals surface area contributed by atoms with Crippen LogP contribution < -0.4 is 0 Å². The lowest BCUT2D eigenvalue weighted by atomic mass is 9.65. The fourth-order valence-corrected chi connectivity index (χ4v) is 12.9. The molecule has 14 aromatic rings. The summed E-state index contributed by atoms with van der Waals surface area (Å²) in [6.07, 6.45) is 0. The fraction of sp³-hybridized carbons (Fsp3) is 0.0143. The minimum absolute atomic E-state index is 0.626. The summed E-state index contributed by atoms with van der Waals surface area (Å²) < 4.78 is 2.51. The van der Waals surface area contributed by atoms with Crippen LogP contribution in [0.5, 0.6) is 0 Å².